The summed E-state index contributed by atoms with van der Waals surface area (Å²) >= 11 is 0. The van der Waals surface area contributed by atoms with Gasteiger partial charge in [-0.2, -0.15) is 0 Å². The third kappa shape index (κ3) is 3.76. The molecule has 0 radical (unpaired) electrons. The van der Waals surface area contributed by atoms with E-state index >= 15 is 0 Å². The van der Waals surface area contributed by atoms with Crippen LogP contribution in [0, 0.1) is 0 Å². The Bertz CT molecular complexity index is 961. The molecule has 0 aromatic heterocycles. The fourth-order valence-electron chi connectivity index (χ4n) is 4.43. The van der Waals surface area contributed by atoms with Crippen molar-refractivity contribution in [3.63, 3.8) is 0 Å². The van der Waals surface area contributed by atoms with Gasteiger partial charge in [0, 0.05) is 12.0 Å². The number of carbonyl (C=O) groups is 1. The van der Waals surface area contributed by atoms with Crippen molar-refractivity contribution in [2.45, 2.75) is 44.4 Å². The van der Waals surface area contributed by atoms with Crippen LogP contribution in [0.4, 0.5) is 0 Å². The minimum atomic E-state index is -1.50. The van der Waals surface area contributed by atoms with E-state index in [9.17, 15) is 4.79 Å². The van der Waals surface area contributed by atoms with Gasteiger partial charge in [-0.1, -0.05) is 30.3 Å². The van der Waals surface area contributed by atoms with Gasteiger partial charge in [0.1, 0.15) is 11.5 Å². The van der Waals surface area contributed by atoms with Gasteiger partial charge >= 0.3 is 5.79 Å². The molecule has 2 aromatic rings. The number of para-hydroxylation sites is 1. The van der Waals surface area contributed by atoms with Crippen molar-refractivity contribution in [1.29, 1.82) is 0 Å². The number of fused-ring (bicyclic) bond motifs is 1. The maximum Gasteiger partial charge on any atom is 0.305 e. The molecule has 3 atom stereocenters. The third-order valence-corrected chi connectivity index (χ3v) is 5.92. The van der Waals surface area contributed by atoms with Gasteiger partial charge in [-0.3, -0.25) is 4.79 Å². The summed E-state index contributed by atoms with van der Waals surface area (Å²) in [6.07, 6.45) is 2.28. The second kappa shape index (κ2) is 8.46. The first-order chi connectivity index (χ1) is 15.2. The Morgan fingerprint density at radius 3 is 2.45 bits per heavy atom. The summed E-state index contributed by atoms with van der Waals surface area (Å²) in [5.41, 5.74) is 2.17. The number of ether oxygens (including phenoxy) is 5. The normalized spacial score (nSPS) is 28.4. The van der Waals surface area contributed by atoms with Gasteiger partial charge in [-0.25, -0.2) is 0 Å². The molecule has 2 aliphatic heterocycles. The van der Waals surface area contributed by atoms with Crippen LogP contribution in [-0.2, 0) is 19.0 Å². The van der Waals surface area contributed by atoms with Crippen molar-refractivity contribution in [3.05, 3.63) is 65.7 Å². The number of benzene rings is 2. The van der Waals surface area contributed by atoms with Gasteiger partial charge in [0.2, 0.25) is 5.78 Å². The van der Waals surface area contributed by atoms with E-state index in [-0.39, 0.29) is 12.1 Å². The molecule has 1 unspecified atom stereocenters. The Morgan fingerprint density at radius 2 is 1.71 bits per heavy atom. The number of hydrogen-bond donors (Lipinski definition) is 0. The Labute approximate surface area is 181 Å². The van der Waals surface area contributed by atoms with E-state index in [0.29, 0.717) is 24.5 Å². The van der Waals surface area contributed by atoms with Crippen molar-refractivity contribution < 1.29 is 28.5 Å². The summed E-state index contributed by atoms with van der Waals surface area (Å²) in [5, 5.41) is 0. The number of hydrogen-bond acceptors (Lipinski definition) is 6. The van der Waals surface area contributed by atoms with Gasteiger partial charge in [0.15, 0.2) is 12.4 Å². The lowest BCUT2D eigenvalue weighted by atomic mass is 10.0. The van der Waals surface area contributed by atoms with E-state index < -0.39 is 11.9 Å². The second-order valence-corrected chi connectivity index (χ2v) is 8.01. The van der Waals surface area contributed by atoms with Crippen LogP contribution >= 0.6 is 0 Å². The third-order valence-electron chi connectivity index (χ3n) is 5.92. The summed E-state index contributed by atoms with van der Waals surface area (Å²) in [5.74, 6) is -0.427. The van der Waals surface area contributed by atoms with E-state index in [4.69, 9.17) is 23.7 Å². The zero-order chi connectivity index (χ0) is 21.3. The molecule has 0 spiro atoms. The molecule has 2 heterocycles. The molecule has 31 heavy (non-hydrogen) atoms. The zero-order valence-corrected chi connectivity index (χ0v) is 17.5. The number of carbonyl (C=O) groups excluding carboxylic acids is 1. The highest BCUT2D eigenvalue weighted by Crippen LogP contribution is 2.44. The molecule has 0 bridgehead atoms. The summed E-state index contributed by atoms with van der Waals surface area (Å²) in [6.45, 7) is 3.34. The zero-order valence-electron chi connectivity index (χ0n) is 17.5. The quantitative estimate of drug-likeness (QED) is 0.722. The maximum absolute atomic E-state index is 13.6. The van der Waals surface area contributed by atoms with Gasteiger partial charge in [-0.15, -0.1) is 0 Å². The van der Waals surface area contributed by atoms with Crippen LogP contribution in [0.2, 0.25) is 0 Å². The number of ketones is 1. The van der Waals surface area contributed by atoms with Crippen LogP contribution in [0.5, 0.6) is 11.5 Å². The van der Waals surface area contributed by atoms with Crippen molar-refractivity contribution in [3.8, 4) is 11.5 Å². The molecule has 0 saturated carbocycles. The maximum atomic E-state index is 13.6. The first-order valence-electron chi connectivity index (χ1n) is 10.8. The summed E-state index contributed by atoms with van der Waals surface area (Å²) in [4.78, 5) is 13.6. The minimum Gasteiger partial charge on any atom is -0.465 e. The number of rotatable bonds is 5. The topological polar surface area (TPSA) is 63.2 Å². The van der Waals surface area contributed by atoms with E-state index in [2.05, 4.69) is 0 Å². The van der Waals surface area contributed by atoms with Gasteiger partial charge in [0.25, 0.3) is 0 Å². The number of Topliss-reactive ketones (excluding diaryl/α,β-unsaturated/α-hetero) is 1. The fourth-order valence-corrected chi connectivity index (χ4v) is 4.43. The lowest BCUT2D eigenvalue weighted by Crippen LogP contribution is -2.57. The fraction of sp³-hybridized carbons (Fsp3) is 0.400. The average molecular weight is 422 g/mol. The monoisotopic (exact) mass is 422 g/mol. The van der Waals surface area contributed by atoms with Crippen LogP contribution in [0.15, 0.2) is 60.2 Å². The molecule has 2 saturated heterocycles. The van der Waals surface area contributed by atoms with E-state index in [1.54, 1.807) is 0 Å². The molecule has 6 nitrogen and oxygen atoms in total. The van der Waals surface area contributed by atoms with Crippen LogP contribution in [-0.4, -0.2) is 43.8 Å². The van der Waals surface area contributed by atoms with Crippen molar-refractivity contribution in [2.24, 2.45) is 0 Å². The van der Waals surface area contributed by atoms with Crippen molar-refractivity contribution in [1.82, 2.24) is 0 Å². The predicted octanol–water partition coefficient (Wildman–Crippen LogP) is 4.14. The van der Waals surface area contributed by atoms with Crippen molar-refractivity contribution in [2.75, 3.05) is 19.8 Å². The molecule has 1 aliphatic carbocycles. The summed E-state index contributed by atoms with van der Waals surface area (Å²) in [7, 11) is 0. The molecule has 162 valence electrons. The lowest BCUT2D eigenvalue weighted by Gasteiger charge is -2.38. The second-order valence-electron chi connectivity index (χ2n) is 8.01. The molecule has 0 amide bonds. The summed E-state index contributed by atoms with van der Waals surface area (Å²) in [6, 6.07) is 16.8. The smallest absolute Gasteiger partial charge is 0.305 e. The SMILES string of the molecule is CC1=C(c2ccc(OC3CCCCO3)cc2)C(=O)[C@]2(Oc3ccccc3)OCCO[C@H]12. The van der Waals surface area contributed by atoms with E-state index in [0.717, 1.165) is 42.8 Å². The molecule has 2 fully saturated rings. The lowest BCUT2D eigenvalue weighted by molar-refractivity contribution is -0.257. The molecule has 6 heteroatoms. The highest BCUT2D eigenvalue weighted by atomic mass is 16.7. The summed E-state index contributed by atoms with van der Waals surface area (Å²) < 4.78 is 29.7. The first kappa shape index (κ1) is 20.2. The standard InChI is InChI=1S/C25H26O6/c1-17-22(18-10-12-19(13-11-18)30-21-9-5-6-14-27-21)23(26)25(24(17)28-15-16-29-25)31-20-7-3-2-4-8-20/h2-4,7-8,10-13,21,24H,5-6,9,14-16H2,1H3/t21?,24-,25-/m1/s1. The Morgan fingerprint density at radius 1 is 0.903 bits per heavy atom. The van der Waals surface area contributed by atoms with E-state index in [1.165, 1.54) is 0 Å². The predicted molar refractivity (Wildman–Crippen MR) is 114 cm³/mol. The molecule has 5 rings (SSSR count). The average Bonchev–Trinajstić information content (AvgIpc) is 3.02. The van der Waals surface area contributed by atoms with Gasteiger partial charge in [-0.05, 0) is 55.2 Å². The molecular weight excluding hydrogens is 396 g/mol. The highest BCUT2D eigenvalue weighted by Gasteiger charge is 2.60. The minimum absolute atomic E-state index is 0.208. The first-order valence-corrected chi connectivity index (χ1v) is 10.8. The van der Waals surface area contributed by atoms with Crippen molar-refractivity contribution >= 4 is 11.4 Å². The van der Waals surface area contributed by atoms with Crippen LogP contribution in [0.25, 0.3) is 5.57 Å². The molecule has 2 aromatic carbocycles. The van der Waals surface area contributed by atoms with Crippen LogP contribution in [0.3, 0.4) is 0 Å². The van der Waals surface area contributed by atoms with Gasteiger partial charge < -0.3 is 23.7 Å². The van der Waals surface area contributed by atoms with Crippen LogP contribution < -0.4 is 9.47 Å². The van der Waals surface area contributed by atoms with Crippen LogP contribution in [0.1, 0.15) is 31.7 Å². The Balaban J connectivity index is 1.41. The molecule has 3 aliphatic rings. The highest BCUT2D eigenvalue weighted by molar-refractivity contribution is 6.28. The molecule has 0 N–H and O–H groups in total. The largest absolute Gasteiger partial charge is 0.465 e. The Kier molecular flexibility index (Phi) is 5.52. The Hall–Kier alpha value is -2.67. The van der Waals surface area contributed by atoms with E-state index in [1.807, 2.05) is 61.5 Å². The molecular formula is C25H26O6. The van der Waals surface area contributed by atoms with Gasteiger partial charge in [0.05, 0.1) is 19.8 Å².